The van der Waals surface area contributed by atoms with Crippen LogP contribution in [0.4, 0.5) is 0 Å². The molecule has 1 saturated carbocycles. The Morgan fingerprint density at radius 2 is 1.76 bits per heavy atom. The first-order chi connectivity index (χ1) is 9.93. The van der Waals surface area contributed by atoms with Gasteiger partial charge in [0.2, 0.25) is 5.91 Å². The number of hydrogen-bond donors (Lipinski definition) is 1. The monoisotopic (exact) mass is 313 g/mol. The van der Waals surface area contributed by atoms with E-state index in [4.69, 9.17) is 18.0 Å². The lowest BCUT2D eigenvalue weighted by Gasteiger charge is -2.34. The highest BCUT2D eigenvalue weighted by molar-refractivity contribution is 7.80. The van der Waals surface area contributed by atoms with E-state index in [2.05, 4.69) is 18.9 Å². The van der Waals surface area contributed by atoms with Gasteiger partial charge in [-0.1, -0.05) is 25.6 Å². The van der Waals surface area contributed by atoms with Crippen molar-refractivity contribution in [1.82, 2.24) is 9.80 Å². The number of nitrogens with zero attached hydrogens (tertiary/aromatic N) is 2. The molecule has 1 aliphatic carbocycles. The Labute approximate surface area is 135 Å². The number of thiocarbonyl (C=S) groups is 1. The number of nitrogens with two attached hydrogens (primary N) is 1. The maximum atomic E-state index is 12.1. The Hall–Kier alpha value is -0.680. The summed E-state index contributed by atoms with van der Waals surface area (Å²) >= 11 is 4.84. The summed E-state index contributed by atoms with van der Waals surface area (Å²) in [7, 11) is 3.98. The Morgan fingerprint density at radius 3 is 2.29 bits per heavy atom. The van der Waals surface area contributed by atoms with E-state index < -0.39 is 0 Å². The van der Waals surface area contributed by atoms with Crippen molar-refractivity contribution in [1.29, 1.82) is 0 Å². The minimum atomic E-state index is 0.181. The van der Waals surface area contributed by atoms with Crippen molar-refractivity contribution in [3.05, 3.63) is 0 Å². The summed E-state index contributed by atoms with van der Waals surface area (Å²) in [6.07, 6.45) is 7.73. The third-order valence-electron chi connectivity index (χ3n) is 4.81. The van der Waals surface area contributed by atoms with Gasteiger partial charge >= 0.3 is 0 Å². The van der Waals surface area contributed by atoms with Crippen LogP contribution in [-0.2, 0) is 4.79 Å². The van der Waals surface area contributed by atoms with Crippen molar-refractivity contribution in [2.75, 3.05) is 27.2 Å². The molecule has 5 heteroatoms. The van der Waals surface area contributed by atoms with Gasteiger partial charge in [0, 0.05) is 39.0 Å². The fourth-order valence-electron chi connectivity index (χ4n) is 3.04. The van der Waals surface area contributed by atoms with E-state index in [-0.39, 0.29) is 5.91 Å². The van der Waals surface area contributed by atoms with E-state index in [9.17, 15) is 4.79 Å². The Bertz CT molecular complexity index is 340. The zero-order chi connectivity index (χ0) is 15.8. The molecule has 1 rings (SSSR count). The summed E-state index contributed by atoms with van der Waals surface area (Å²) in [5.74, 6) is 1.10. The van der Waals surface area contributed by atoms with E-state index in [0.717, 1.165) is 12.5 Å². The largest absolute Gasteiger partial charge is 0.393 e. The van der Waals surface area contributed by atoms with Gasteiger partial charge in [0.25, 0.3) is 0 Å². The van der Waals surface area contributed by atoms with Gasteiger partial charge in [-0.2, -0.15) is 0 Å². The molecular formula is C16H31N3OS. The van der Waals surface area contributed by atoms with Crippen LogP contribution in [0.1, 0.15) is 51.9 Å². The number of amides is 1. The first kappa shape index (κ1) is 18.4. The lowest BCUT2D eigenvalue weighted by Crippen LogP contribution is -2.38. The van der Waals surface area contributed by atoms with E-state index in [1.165, 1.54) is 32.1 Å². The van der Waals surface area contributed by atoms with Crippen LogP contribution in [-0.4, -0.2) is 53.9 Å². The summed E-state index contributed by atoms with van der Waals surface area (Å²) in [6, 6.07) is 0.655. The summed E-state index contributed by atoms with van der Waals surface area (Å²) in [4.78, 5) is 16.6. The number of carbonyl (C=O) groups is 1. The topological polar surface area (TPSA) is 49.6 Å². The van der Waals surface area contributed by atoms with E-state index >= 15 is 0 Å². The zero-order valence-electron chi connectivity index (χ0n) is 13.8. The van der Waals surface area contributed by atoms with Crippen LogP contribution >= 0.6 is 12.2 Å². The van der Waals surface area contributed by atoms with Crippen LogP contribution in [0.25, 0.3) is 0 Å². The molecule has 2 N–H and O–H groups in total. The summed E-state index contributed by atoms with van der Waals surface area (Å²) in [5, 5.41) is 0. The highest BCUT2D eigenvalue weighted by Crippen LogP contribution is 2.28. The Kier molecular flexibility index (Phi) is 8.19. The lowest BCUT2D eigenvalue weighted by atomic mass is 9.84. The molecule has 0 spiro atoms. The zero-order valence-corrected chi connectivity index (χ0v) is 14.6. The summed E-state index contributed by atoms with van der Waals surface area (Å²) in [6.45, 7) is 3.76. The first-order valence-corrected chi connectivity index (χ1v) is 8.57. The Morgan fingerprint density at radius 1 is 1.14 bits per heavy atom. The molecule has 1 fully saturated rings. The molecule has 0 saturated heterocycles. The van der Waals surface area contributed by atoms with Crippen LogP contribution in [0.15, 0.2) is 0 Å². The smallest absolute Gasteiger partial charge is 0.223 e. The second-order valence-corrected chi connectivity index (χ2v) is 6.87. The van der Waals surface area contributed by atoms with Crippen molar-refractivity contribution in [2.24, 2.45) is 11.7 Å². The van der Waals surface area contributed by atoms with E-state index in [1.807, 2.05) is 7.05 Å². The van der Waals surface area contributed by atoms with Crippen LogP contribution in [0.3, 0.4) is 0 Å². The molecule has 0 radical (unpaired) electrons. The van der Waals surface area contributed by atoms with Crippen LogP contribution in [0, 0.1) is 5.92 Å². The van der Waals surface area contributed by atoms with Gasteiger partial charge in [0.15, 0.2) is 0 Å². The van der Waals surface area contributed by atoms with Crippen molar-refractivity contribution in [2.45, 2.75) is 57.9 Å². The molecule has 0 aromatic carbocycles. The second kappa shape index (κ2) is 9.36. The number of carbonyl (C=O) groups excluding carboxylic acids is 1. The maximum absolute atomic E-state index is 12.1. The van der Waals surface area contributed by atoms with Crippen LogP contribution in [0.2, 0.25) is 0 Å². The average molecular weight is 314 g/mol. The minimum absolute atomic E-state index is 0.181. The van der Waals surface area contributed by atoms with Gasteiger partial charge in [-0.3, -0.25) is 4.79 Å². The molecule has 0 heterocycles. The van der Waals surface area contributed by atoms with Crippen LogP contribution in [0.5, 0.6) is 0 Å². The van der Waals surface area contributed by atoms with Crippen molar-refractivity contribution in [3.8, 4) is 0 Å². The van der Waals surface area contributed by atoms with Gasteiger partial charge in [0.05, 0.1) is 4.99 Å². The molecule has 0 aliphatic heterocycles. The fourth-order valence-corrected chi connectivity index (χ4v) is 3.13. The molecule has 21 heavy (non-hydrogen) atoms. The normalized spacial score (nSPS) is 22.3. The molecule has 0 atom stereocenters. The molecule has 122 valence electrons. The maximum Gasteiger partial charge on any atom is 0.223 e. The van der Waals surface area contributed by atoms with Gasteiger partial charge in [-0.15, -0.1) is 0 Å². The predicted octanol–water partition coefficient (Wildman–Crippen LogP) is 2.41. The van der Waals surface area contributed by atoms with Crippen LogP contribution < -0.4 is 5.73 Å². The minimum Gasteiger partial charge on any atom is -0.393 e. The van der Waals surface area contributed by atoms with Gasteiger partial charge in [-0.05, 0) is 38.6 Å². The van der Waals surface area contributed by atoms with Gasteiger partial charge < -0.3 is 15.5 Å². The van der Waals surface area contributed by atoms with Gasteiger partial charge in [0.1, 0.15) is 0 Å². The van der Waals surface area contributed by atoms with E-state index in [1.54, 1.807) is 4.90 Å². The predicted molar refractivity (Wildman–Crippen MR) is 92.3 cm³/mol. The molecule has 0 aromatic heterocycles. The summed E-state index contributed by atoms with van der Waals surface area (Å²) < 4.78 is 0. The molecule has 0 bridgehead atoms. The molecular weight excluding hydrogens is 282 g/mol. The first-order valence-electron chi connectivity index (χ1n) is 8.16. The number of rotatable bonds is 8. The highest BCUT2D eigenvalue weighted by Gasteiger charge is 2.23. The van der Waals surface area contributed by atoms with E-state index in [0.29, 0.717) is 30.4 Å². The second-order valence-electron chi connectivity index (χ2n) is 6.35. The molecule has 4 nitrogen and oxygen atoms in total. The summed E-state index contributed by atoms with van der Waals surface area (Å²) in [5.41, 5.74) is 5.47. The molecule has 1 aliphatic rings. The fraction of sp³-hybridized carbons (Fsp3) is 0.875. The SMILES string of the molecule is CCC1CCC(N(C)CCC(=O)N(C)CCC(N)=S)CC1. The quantitative estimate of drug-likeness (QED) is 0.699. The Balaban J connectivity index is 2.24. The third kappa shape index (κ3) is 6.74. The van der Waals surface area contributed by atoms with Crippen molar-refractivity contribution >= 4 is 23.1 Å². The molecule has 0 unspecified atom stereocenters. The third-order valence-corrected chi connectivity index (χ3v) is 5.02. The molecule has 1 amide bonds. The van der Waals surface area contributed by atoms with Gasteiger partial charge in [-0.25, -0.2) is 0 Å². The number of hydrogen-bond acceptors (Lipinski definition) is 3. The van der Waals surface area contributed by atoms with Crippen molar-refractivity contribution in [3.63, 3.8) is 0 Å². The lowest BCUT2D eigenvalue weighted by molar-refractivity contribution is -0.130. The highest BCUT2D eigenvalue weighted by atomic mass is 32.1. The van der Waals surface area contributed by atoms with Crippen molar-refractivity contribution < 1.29 is 4.79 Å². The average Bonchev–Trinajstić information content (AvgIpc) is 2.49. The standard InChI is InChI=1S/C16H31N3OS/c1-4-13-5-7-14(8-6-13)18(2)12-10-16(20)19(3)11-9-15(17)21/h13-14H,4-12H2,1-3H3,(H2,17,21). The molecule has 0 aromatic rings.